The fourth-order valence-corrected chi connectivity index (χ4v) is 3.01. The molecule has 0 saturated carbocycles. The monoisotopic (exact) mass is 434 g/mol. The van der Waals surface area contributed by atoms with Gasteiger partial charge in [-0.25, -0.2) is 9.98 Å². The molecule has 0 radical (unpaired) electrons. The summed E-state index contributed by atoms with van der Waals surface area (Å²) in [7, 11) is 0. The van der Waals surface area contributed by atoms with Crippen molar-refractivity contribution in [2.75, 3.05) is 6.54 Å². The Morgan fingerprint density at radius 3 is 2.22 bits per heavy atom. The first-order chi connectivity index (χ1) is 15.4. The lowest BCUT2D eigenvalue weighted by molar-refractivity contribution is 0.107. The maximum absolute atomic E-state index is 5.84. The van der Waals surface area contributed by atoms with Crippen molar-refractivity contribution in [3.8, 4) is 0 Å². The molecule has 0 atom stereocenters. The molecule has 0 aliphatic heterocycles. The summed E-state index contributed by atoms with van der Waals surface area (Å²) >= 11 is 0. The highest BCUT2D eigenvalue weighted by Crippen LogP contribution is 2.22. The van der Waals surface area contributed by atoms with E-state index in [-0.39, 0.29) is 5.41 Å². The summed E-state index contributed by atoms with van der Waals surface area (Å²) < 4.78 is 11.7. The van der Waals surface area contributed by atoms with Crippen LogP contribution >= 0.6 is 0 Å². The molecule has 170 valence electrons. The number of aromatic nitrogens is 1. The van der Waals surface area contributed by atoms with Crippen LogP contribution in [0.15, 0.2) is 70.2 Å². The molecule has 6 nitrogen and oxygen atoms in total. The first-order valence-corrected chi connectivity index (χ1v) is 11.1. The summed E-state index contributed by atoms with van der Waals surface area (Å²) in [6.45, 7) is 11.4. The normalized spacial score (nSPS) is 12.1. The lowest BCUT2D eigenvalue weighted by Gasteiger charge is -2.13. The van der Waals surface area contributed by atoms with Gasteiger partial charge in [-0.05, 0) is 23.6 Å². The van der Waals surface area contributed by atoms with Gasteiger partial charge in [0.05, 0.1) is 32.5 Å². The highest BCUT2D eigenvalue weighted by atomic mass is 16.5. The van der Waals surface area contributed by atoms with Crippen molar-refractivity contribution in [2.24, 2.45) is 4.99 Å². The van der Waals surface area contributed by atoms with Crippen molar-refractivity contribution in [3.05, 3.63) is 89.1 Å². The molecule has 2 N–H and O–H groups in total. The zero-order valence-corrected chi connectivity index (χ0v) is 19.5. The standard InChI is InChI=1S/C26H34N4O2/c1-5-27-25(30-17-24-28-16-23(32-24)26(2,3)4)29-15-20-11-13-22(14-12-20)19-31-18-21-9-7-6-8-10-21/h6-14,16H,5,15,17-19H2,1-4H3,(H2,27,29,30). The molecule has 3 aromatic rings. The Morgan fingerprint density at radius 2 is 1.59 bits per heavy atom. The fourth-order valence-electron chi connectivity index (χ4n) is 3.01. The van der Waals surface area contributed by atoms with Crippen LogP contribution in [0.3, 0.4) is 0 Å². The van der Waals surface area contributed by atoms with E-state index in [0.29, 0.717) is 32.2 Å². The minimum atomic E-state index is -0.0530. The maximum atomic E-state index is 5.84. The van der Waals surface area contributed by atoms with Crippen LogP contribution in [0.4, 0.5) is 0 Å². The van der Waals surface area contributed by atoms with Crippen LogP contribution in [0.2, 0.25) is 0 Å². The molecule has 0 aliphatic carbocycles. The third kappa shape index (κ3) is 7.54. The zero-order valence-electron chi connectivity index (χ0n) is 19.5. The Hall–Kier alpha value is -3.12. The van der Waals surface area contributed by atoms with E-state index in [1.807, 2.05) is 25.1 Å². The molecule has 2 aromatic carbocycles. The highest BCUT2D eigenvalue weighted by Gasteiger charge is 2.19. The number of hydrogen-bond donors (Lipinski definition) is 2. The van der Waals surface area contributed by atoms with Gasteiger partial charge in [-0.2, -0.15) is 0 Å². The highest BCUT2D eigenvalue weighted by molar-refractivity contribution is 5.79. The van der Waals surface area contributed by atoms with E-state index < -0.39 is 0 Å². The van der Waals surface area contributed by atoms with Crippen molar-refractivity contribution in [1.82, 2.24) is 15.6 Å². The van der Waals surface area contributed by atoms with Gasteiger partial charge in [0.1, 0.15) is 5.76 Å². The average Bonchev–Trinajstić information content (AvgIpc) is 3.27. The molecule has 0 aliphatic rings. The smallest absolute Gasteiger partial charge is 0.213 e. The van der Waals surface area contributed by atoms with Gasteiger partial charge in [-0.1, -0.05) is 75.4 Å². The van der Waals surface area contributed by atoms with Gasteiger partial charge in [-0.15, -0.1) is 0 Å². The van der Waals surface area contributed by atoms with E-state index in [0.717, 1.165) is 29.4 Å². The van der Waals surface area contributed by atoms with Crippen molar-refractivity contribution in [1.29, 1.82) is 0 Å². The maximum Gasteiger partial charge on any atom is 0.213 e. The second kappa shape index (κ2) is 11.5. The van der Waals surface area contributed by atoms with Gasteiger partial charge < -0.3 is 19.8 Å². The summed E-state index contributed by atoms with van der Waals surface area (Å²) in [5.74, 6) is 2.27. The molecule has 0 spiro atoms. The van der Waals surface area contributed by atoms with Gasteiger partial charge >= 0.3 is 0 Å². The van der Waals surface area contributed by atoms with Crippen LogP contribution in [-0.2, 0) is 36.5 Å². The van der Waals surface area contributed by atoms with Crippen molar-refractivity contribution in [2.45, 2.75) is 59.4 Å². The van der Waals surface area contributed by atoms with Crippen LogP contribution < -0.4 is 10.6 Å². The Labute approximate surface area is 191 Å². The van der Waals surface area contributed by atoms with E-state index in [2.05, 4.69) is 77.8 Å². The molecule has 0 unspecified atom stereocenters. The summed E-state index contributed by atoms with van der Waals surface area (Å²) in [4.78, 5) is 9.04. The van der Waals surface area contributed by atoms with E-state index in [1.54, 1.807) is 6.20 Å². The van der Waals surface area contributed by atoms with Crippen LogP contribution in [0.25, 0.3) is 0 Å². The lowest BCUT2D eigenvalue weighted by atomic mass is 9.94. The number of nitrogens with one attached hydrogen (secondary N) is 2. The van der Waals surface area contributed by atoms with Gasteiger partial charge in [0.15, 0.2) is 5.96 Å². The quantitative estimate of drug-likeness (QED) is 0.368. The number of aliphatic imine (C=N–C) groups is 1. The molecule has 3 rings (SSSR count). The van der Waals surface area contributed by atoms with E-state index >= 15 is 0 Å². The minimum Gasteiger partial charge on any atom is -0.443 e. The third-order valence-corrected chi connectivity index (χ3v) is 4.87. The molecule has 0 saturated heterocycles. The third-order valence-electron chi connectivity index (χ3n) is 4.87. The van der Waals surface area contributed by atoms with E-state index in [4.69, 9.17) is 9.15 Å². The molecular weight excluding hydrogens is 400 g/mol. The van der Waals surface area contributed by atoms with E-state index in [9.17, 15) is 0 Å². The number of ether oxygens (including phenoxy) is 1. The number of benzene rings is 2. The average molecular weight is 435 g/mol. The number of hydrogen-bond acceptors (Lipinski definition) is 4. The predicted octanol–water partition coefficient (Wildman–Crippen LogP) is 4.94. The van der Waals surface area contributed by atoms with Crippen molar-refractivity contribution < 1.29 is 9.15 Å². The second-order valence-corrected chi connectivity index (χ2v) is 8.71. The van der Waals surface area contributed by atoms with Crippen molar-refractivity contribution >= 4 is 5.96 Å². The molecule has 32 heavy (non-hydrogen) atoms. The second-order valence-electron chi connectivity index (χ2n) is 8.71. The molecule has 0 bridgehead atoms. The Bertz CT molecular complexity index is 973. The number of oxazole rings is 1. The van der Waals surface area contributed by atoms with Gasteiger partial charge in [0.25, 0.3) is 0 Å². The van der Waals surface area contributed by atoms with Gasteiger partial charge in [0.2, 0.25) is 5.89 Å². The predicted molar refractivity (Wildman–Crippen MR) is 128 cm³/mol. The van der Waals surface area contributed by atoms with Crippen molar-refractivity contribution in [3.63, 3.8) is 0 Å². The van der Waals surface area contributed by atoms with Gasteiger partial charge in [-0.3, -0.25) is 0 Å². The molecule has 0 fully saturated rings. The topological polar surface area (TPSA) is 71.7 Å². The van der Waals surface area contributed by atoms with E-state index in [1.165, 1.54) is 5.56 Å². The molecule has 1 aromatic heterocycles. The Balaban J connectivity index is 1.49. The minimum absolute atomic E-state index is 0.0530. The van der Waals surface area contributed by atoms with Crippen LogP contribution in [0.5, 0.6) is 0 Å². The lowest BCUT2D eigenvalue weighted by Crippen LogP contribution is -2.36. The summed E-state index contributed by atoms with van der Waals surface area (Å²) in [5, 5.41) is 6.55. The number of guanidine groups is 1. The summed E-state index contributed by atoms with van der Waals surface area (Å²) in [6.07, 6.45) is 1.80. The SMILES string of the molecule is CCNC(=NCc1ccc(COCc2ccccc2)cc1)NCc1ncc(C(C)(C)C)o1. The molecule has 6 heteroatoms. The zero-order chi connectivity index (χ0) is 22.8. The number of rotatable bonds is 9. The fraction of sp³-hybridized carbons (Fsp3) is 0.385. The molecular formula is C26H34N4O2. The largest absolute Gasteiger partial charge is 0.443 e. The molecule has 0 amide bonds. The number of nitrogens with zero attached hydrogens (tertiary/aromatic N) is 2. The van der Waals surface area contributed by atoms with Crippen LogP contribution in [-0.4, -0.2) is 17.5 Å². The summed E-state index contributed by atoms with van der Waals surface area (Å²) in [6, 6.07) is 18.6. The van der Waals surface area contributed by atoms with Crippen LogP contribution in [0, 0.1) is 0 Å². The summed E-state index contributed by atoms with van der Waals surface area (Å²) in [5.41, 5.74) is 3.42. The Kier molecular flexibility index (Phi) is 8.45. The Morgan fingerprint density at radius 1 is 0.938 bits per heavy atom. The first kappa shape index (κ1) is 23.5. The van der Waals surface area contributed by atoms with Crippen LogP contribution in [0.1, 0.15) is 56.0 Å². The molecule has 1 heterocycles. The van der Waals surface area contributed by atoms with Gasteiger partial charge in [0, 0.05) is 12.0 Å². The first-order valence-electron chi connectivity index (χ1n) is 11.1.